The first-order valence-corrected chi connectivity index (χ1v) is 7.54. The second-order valence-corrected chi connectivity index (χ2v) is 6.95. The summed E-state index contributed by atoms with van der Waals surface area (Å²) in [6, 6.07) is 6.24. The number of benzene rings is 1. The number of nitrogens with zero attached hydrogens (tertiary/aromatic N) is 3. The molecule has 4 nitrogen and oxygen atoms in total. The Bertz CT molecular complexity index is 853. The van der Waals surface area contributed by atoms with Gasteiger partial charge in [-0.15, -0.1) is 6.58 Å². The SMILES string of the molecule is C=CCn1cc2c(n1)c(N)nc1cccc(CC(C)(C)C)c12. The van der Waals surface area contributed by atoms with Crippen LogP contribution in [0.1, 0.15) is 26.3 Å². The highest BCUT2D eigenvalue weighted by molar-refractivity contribution is 6.09. The Morgan fingerprint density at radius 2 is 2.09 bits per heavy atom. The minimum Gasteiger partial charge on any atom is -0.382 e. The van der Waals surface area contributed by atoms with E-state index >= 15 is 0 Å². The lowest BCUT2D eigenvalue weighted by atomic mass is 9.86. The van der Waals surface area contributed by atoms with Gasteiger partial charge in [-0.1, -0.05) is 39.0 Å². The Kier molecular flexibility index (Phi) is 3.39. The average molecular weight is 294 g/mol. The smallest absolute Gasteiger partial charge is 0.152 e. The number of rotatable bonds is 3. The van der Waals surface area contributed by atoms with Gasteiger partial charge in [0.15, 0.2) is 5.82 Å². The van der Waals surface area contributed by atoms with E-state index in [0.29, 0.717) is 12.4 Å². The summed E-state index contributed by atoms with van der Waals surface area (Å²) in [5.74, 6) is 0.484. The summed E-state index contributed by atoms with van der Waals surface area (Å²) in [7, 11) is 0. The van der Waals surface area contributed by atoms with Crippen LogP contribution >= 0.6 is 0 Å². The quantitative estimate of drug-likeness (QED) is 0.744. The van der Waals surface area contributed by atoms with E-state index in [2.05, 4.69) is 49.6 Å². The van der Waals surface area contributed by atoms with E-state index in [1.165, 1.54) is 5.56 Å². The molecule has 2 N–H and O–H groups in total. The number of anilines is 1. The summed E-state index contributed by atoms with van der Waals surface area (Å²) in [6.45, 7) is 11.2. The van der Waals surface area contributed by atoms with Crippen LogP contribution < -0.4 is 5.73 Å². The maximum absolute atomic E-state index is 6.10. The predicted molar refractivity (Wildman–Crippen MR) is 92.8 cm³/mol. The number of hydrogen-bond acceptors (Lipinski definition) is 3. The molecule has 0 radical (unpaired) electrons. The molecule has 0 atom stereocenters. The zero-order valence-corrected chi connectivity index (χ0v) is 13.4. The lowest BCUT2D eigenvalue weighted by Gasteiger charge is -2.19. The number of hydrogen-bond donors (Lipinski definition) is 1. The summed E-state index contributed by atoms with van der Waals surface area (Å²) in [6.07, 6.45) is 4.86. The van der Waals surface area contributed by atoms with Gasteiger partial charge < -0.3 is 5.73 Å². The minimum atomic E-state index is 0.207. The molecule has 0 amide bonds. The zero-order valence-electron chi connectivity index (χ0n) is 13.4. The van der Waals surface area contributed by atoms with E-state index in [9.17, 15) is 0 Å². The molecule has 0 saturated carbocycles. The van der Waals surface area contributed by atoms with Gasteiger partial charge in [0.1, 0.15) is 5.52 Å². The molecule has 0 unspecified atom stereocenters. The normalized spacial score (nSPS) is 12.1. The van der Waals surface area contributed by atoms with Crippen molar-refractivity contribution in [3.8, 4) is 0 Å². The van der Waals surface area contributed by atoms with E-state index in [1.54, 1.807) is 0 Å². The fourth-order valence-corrected chi connectivity index (χ4v) is 2.91. The highest BCUT2D eigenvalue weighted by atomic mass is 15.3. The fraction of sp³-hybridized carbons (Fsp3) is 0.333. The van der Waals surface area contributed by atoms with Crippen molar-refractivity contribution in [1.82, 2.24) is 14.8 Å². The van der Waals surface area contributed by atoms with Crippen LogP contribution in [0.5, 0.6) is 0 Å². The monoisotopic (exact) mass is 294 g/mol. The number of pyridine rings is 1. The molecule has 0 spiro atoms. The third-order valence-corrected chi connectivity index (χ3v) is 3.68. The zero-order chi connectivity index (χ0) is 15.9. The highest BCUT2D eigenvalue weighted by Crippen LogP contribution is 2.32. The van der Waals surface area contributed by atoms with E-state index in [4.69, 9.17) is 5.73 Å². The lowest BCUT2D eigenvalue weighted by Crippen LogP contribution is -2.09. The number of aromatic nitrogens is 3. The van der Waals surface area contributed by atoms with Gasteiger partial charge in [0.05, 0.1) is 12.1 Å². The molecule has 0 aliphatic rings. The van der Waals surface area contributed by atoms with Crippen molar-refractivity contribution in [2.45, 2.75) is 33.7 Å². The van der Waals surface area contributed by atoms with Crippen LogP contribution in [0.4, 0.5) is 5.82 Å². The first-order chi connectivity index (χ1) is 10.4. The maximum Gasteiger partial charge on any atom is 0.152 e. The Morgan fingerprint density at radius 3 is 2.77 bits per heavy atom. The third kappa shape index (κ3) is 2.56. The second-order valence-electron chi connectivity index (χ2n) is 6.95. The van der Waals surface area contributed by atoms with E-state index in [1.807, 2.05) is 23.0 Å². The first-order valence-electron chi connectivity index (χ1n) is 7.54. The molecule has 0 fully saturated rings. The summed E-state index contributed by atoms with van der Waals surface area (Å²) in [5, 5.41) is 6.78. The Labute approximate surface area is 130 Å². The third-order valence-electron chi connectivity index (χ3n) is 3.68. The van der Waals surface area contributed by atoms with Crippen molar-refractivity contribution >= 4 is 27.6 Å². The van der Waals surface area contributed by atoms with Crippen LogP contribution in [0.15, 0.2) is 37.1 Å². The van der Waals surface area contributed by atoms with Gasteiger partial charge in [0.25, 0.3) is 0 Å². The molecule has 114 valence electrons. The van der Waals surface area contributed by atoms with Gasteiger partial charge in [-0.05, 0) is 23.5 Å². The van der Waals surface area contributed by atoms with E-state index in [-0.39, 0.29) is 5.41 Å². The van der Waals surface area contributed by atoms with Gasteiger partial charge >= 0.3 is 0 Å². The lowest BCUT2D eigenvalue weighted by molar-refractivity contribution is 0.413. The molecule has 0 bridgehead atoms. The molecule has 1 aromatic carbocycles. The van der Waals surface area contributed by atoms with Crippen LogP contribution in [0.3, 0.4) is 0 Å². The van der Waals surface area contributed by atoms with Gasteiger partial charge in [0.2, 0.25) is 0 Å². The van der Waals surface area contributed by atoms with Crippen molar-refractivity contribution in [3.63, 3.8) is 0 Å². The average Bonchev–Trinajstić information content (AvgIpc) is 2.81. The highest BCUT2D eigenvalue weighted by Gasteiger charge is 2.17. The van der Waals surface area contributed by atoms with Crippen molar-refractivity contribution < 1.29 is 0 Å². The molecule has 4 heteroatoms. The molecular weight excluding hydrogens is 272 g/mol. The molecule has 2 heterocycles. The van der Waals surface area contributed by atoms with Crippen LogP contribution in [-0.2, 0) is 13.0 Å². The molecule has 3 aromatic rings. The van der Waals surface area contributed by atoms with Crippen molar-refractivity contribution in [3.05, 3.63) is 42.6 Å². The molecule has 2 aromatic heterocycles. The maximum atomic E-state index is 6.10. The topological polar surface area (TPSA) is 56.7 Å². The summed E-state index contributed by atoms with van der Waals surface area (Å²) >= 11 is 0. The standard InChI is InChI=1S/C18H22N4/c1-5-9-22-11-13-15-12(10-18(2,3)4)7-6-8-14(15)20-17(19)16(13)21-22/h5-8,11H,1,9-10H2,2-4H3,(H2,19,20). The Hall–Kier alpha value is -2.36. The molecule has 22 heavy (non-hydrogen) atoms. The Morgan fingerprint density at radius 1 is 1.32 bits per heavy atom. The van der Waals surface area contributed by atoms with Crippen LogP contribution in [0, 0.1) is 5.41 Å². The Balaban J connectivity index is 2.34. The van der Waals surface area contributed by atoms with Gasteiger partial charge in [-0.3, -0.25) is 4.68 Å². The number of fused-ring (bicyclic) bond motifs is 3. The molecule has 3 rings (SSSR count). The first kappa shape index (κ1) is 14.6. The molecule has 0 aliphatic carbocycles. The van der Waals surface area contributed by atoms with Gasteiger partial charge in [0, 0.05) is 17.0 Å². The van der Waals surface area contributed by atoms with Crippen LogP contribution in [-0.4, -0.2) is 14.8 Å². The van der Waals surface area contributed by atoms with Crippen molar-refractivity contribution in [2.75, 3.05) is 5.73 Å². The number of allylic oxidation sites excluding steroid dienone is 1. The van der Waals surface area contributed by atoms with Crippen LogP contribution in [0.25, 0.3) is 21.8 Å². The number of nitrogens with two attached hydrogens (primary N) is 1. The molecule has 0 aliphatic heterocycles. The molecular formula is C18H22N4. The fourth-order valence-electron chi connectivity index (χ4n) is 2.91. The summed E-state index contributed by atoms with van der Waals surface area (Å²) < 4.78 is 1.86. The van der Waals surface area contributed by atoms with E-state index < -0.39 is 0 Å². The van der Waals surface area contributed by atoms with Gasteiger partial charge in [-0.2, -0.15) is 5.10 Å². The molecule has 0 saturated heterocycles. The van der Waals surface area contributed by atoms with Crippen LogP contribution in [0.2, 0.25) is 0 Å². The summed E-state index contributed by atoms with van der Waals surface area (Å²) in [5.41, 5.74) is 9.30. The second kappa shape index (κ2) is 5.13. The number of nitrogen functional groups attached to an aromatic ring is 1. The predicted octanol–water partition coefficient (Wildman–Crippen LogP) is 3.94. The van der Waals surface area contributed by atoms with Gasteiger partial charge in [-0.25, -0.2) is 4.98 Å². The van der Waals surface area contributed by atoms with Crippen molar-refractivity contribution in [1.29, 1.82) is 0 Å². The minimum absolute atomic E-state index is 0.207. The largest absolute Gasteiger partial charge is 0.382 e. The summed E-state index contributed by atoms with van der Waals surface area (Å²) in [4.78, 5) is 4.54. The van der Waals surface area contributed by atoms with E-state index in [0.717, 1.165) is 28.2 Å². The van der Waals surface area contributed by atoms with Crippen molar-refractivity contribution in [2.24, 2.45) is 5.41 Å².